The van der Waals surface area contributed by atoms with Gasteiger partial charge < -0.3 is 14.7 Å². The fourth-order valence-electron chi connectivity index (χ4n) is 4.16. The maximum Gasteiger partial charge on any atom is 0.295 e. The third kappa shape index (κ3) is 4.52. The average Bonchev–Trinajstić information content (AvgIpc) is 3.05. The molecule has 2 aliphatic heterocycles. The van der Waals surface area contributed by atoms with Crippen molar-refractivity contribution in [3.8, 4) is 0 Å². The van der Waals surface area contributed by atoms with Crippen LogP contribution in [0.3, 0.4) is 0 Å². The molecule has 2 fully saturated rings. The number of carbonyl (C=O) groups excluding carboxylic acids is 2. The molecule has 2 aromatic rings. The molecule has 0 spiro atoms. The van der Waals surface area contributed by atoms with Crippen LogP contribution in [0.4, 0.5) is 0 Å². The van der Waals surface area contributed by atoms with Crippen molar-refractivity contribution in [3.63, 3.8) is 0 Å². The molecule has 1 atom stereocenters. The van der Waals surface area contributed by atoms with Gasteiger partial charge in [-0.25, -0.2) is 0 Å². The van der Waals surface area contributed by atoms with Gasteiger partial charge in [0.15, 0.2) is 0 Å². The lowest BCUT2D eigenvalue weighted by atomic mass is 9.95. The summed E-state index contributed by atoms with van der Waals surface area (Å²) in [6.07, 6.45) is 4.00. The molecule has 1 amide bonds. The van der Waals surface area contributed by atoms with Crippen molar-refractivity contribution in [2.24, 2.45) is 0 Å². The third-order valence-electron chi connectivity index (χ3n) is 5.86. The molecule has 1 aromatic heterocycles. The van der Waals surface area contributed by atoms with Gasteiger partial charge in [-0.05, 0) is 31.0 Å². The molecule has 7 heteroatoms. The van der Waals surface area contributed by atoms with Gasteiger partial charge in [0.05, 0.1) is 24.8 Å². The Bertz CT molecular complexity index is 966. The van der Waals surface area contributed by atoms with Crippen LogP contribution in [-0.4, -0.2) is 71.0 Å². The van der Waals surface area contributed by atoms with Crippen molar-refractivity contribution in [1.82, 2.24) is 14.8 Å². The minimum absolute atomic E-state index is 0.131. The lowest BCUT2D eigenvalue weighted by Gasteiger charge is -2.29. The Hall–Kier alpha value is -3.03. The predicted molar refractivity (Wildman–Crippen MR) is 116 cm³/mol. The van der Waals surface area contributed by atoms with E-state index in [1.165, 1.54) is 0 Å². The second-order valence-corrected chi connectivity index (χ2v) is 7.95. The van der Waals surface area contributed by atoms with Crippen LogP contribution in [0, 0.1) is 6.92 Å². The van der Waals surface area contributed by atoms with E-state index in [-0.39, 0.29) is 11.3 Å². The molecule has 0 bridgehead atoms. The highest BCUT2D eigenvalue weighted by atomic mass is 16.5. The topological polar surface area (TPSA) is 83.0 Å². The van der Waals surface area contributed by atoms with E-state index in [9.17, 15) is 14.7 Å². The molecule has 0 aliphatic carbocycles. The SMILES string of the molecule is Cc1ccc(/C(O)=C2/C(=O)C(=O)N(CCCN3CCOCC3)C2c2ccncc2)cc1. The second-order valence-electron chi connectivity index (χ2n) is 7.95. The first-order valence-electron chi connectivity index (χ1n) is 10.6. The van der Waals surface area contributed by atoms with Crippen molar-refractivity contribution in [3.05, 3.63) is 71.1 Å². The van der Waals surface area contributed by atoms with Crippen molar-refractivity contribution >= 4 is 17.4 Å². The minimum Gasteiger partial charge on any atom is -0.507 e. The fraction of sp³-hybridized carbons (Fsp3) is 0.375. The molecule has 31 heavy (non-hydrogen) atoms. The average molecular weight is 421 g/mol. The molecular formula is C24H27N3O4. The van der Waals surface area contributed by atoms with Gasteiger partial charge in [0.1, 0.15) is 5.76 Å². The Labute approximate surface area is 182 Å². The molecule has 2 aliphatic rings. The summed E-state index contributed by atoms with van der Waals surface area (Å²) in [5, 5.41) is 11.0. The summed E-state index contributed by atoms with van der Waals surface area (Å²) in [6, 6.07) is 10.2. The number of nitrogens with zero attached hydrogens (tertiary/aromatic N) is 3. The van der Waals surface area contributed by atoms with Crippen molar-refractivity contribution in [2.45, 2.75) is 19.4 Å². The van der Waals surface area contributed by atoms with Crippen LogP contribution in [0.15, 0.2) is 54.4 Å². The van der Waals surface area contributed by atoms with Gasteiger partial charge in [0.25, 0.3) is 11.7 Å². The van der Waals surface area contributed by atoms with Gasteiger partial charge >= 0.3 is 0 Å². The quantitative estimate of drug-likeness (QED) is 0.439. The number of carbonyl (C=O) groups is 2. The van der Waals surface area contributed by atoms with Crippen LogP contribution in [0.5, 0.6) is 0 Å². The van der Waals surface area contributed by atoms with Crippen LogP contribution in [0.25, 0.3) is 5.76 Å². The van der Waals surface area contributed by atoms with E-state index < -0.39 is 17.7 Å². The molecule has 4 rings (SSSR count). The third-order valence-corrected chi connectivity index (χ3v) is 5.86. The minimum atomic E-state index is -0.647. The number of Topliss-reactive ketones (excluding diaryl/α,β-unsaturated/α-hetero) is 1. The molecule has 0 radical (unpaired) electrons. The van der Waals surface area contributed by atoms with Crippen LogP contribution in [0.1, 0.15) is 29.2 Å². The first kappa shape index (κ1) is 21.2. The molecule has 1 unspecified atom stereocenters. The number of likely N-dealkylation sites (tertiary alicyclic amines) is 1. The van der Waals surface area contributed by atoms with Crippen LogP contribution in [-0.2, 0) is 14.3 Å². The van der Waals surface area contributed by atoms with Gasteiger partial charge in [-0.2, -0.15) is 0 Å². The molecule has 0 saturated carbocycles. The molecule has 1 aromatic carbocycles. The number of pyridine rings is 1. The Morgan fingerprint density at radius 3 is 2.42 bits per heavy atom. The van der Waals surface area contributed by atoms with E-state index in [0.717, 1.165) is 50.4 Å². The normalized spacial score (nSPS) is 21.6. The maximum absolute atomic E-state index is 13.0. The summed E-state index contributed by atoms with van der Waals surface area (Å²) in [5.41, 5.74) is 2.46. The number of rotatable bonds is 6. The summed E-state index contributed by atoms with van der Waals surface area (Å²) in [4.78, 5) is 33.9. The highest BCUT2D eigenvalue weighted by Crippen LogP contribution is 2.39. The standard InChI is InChI=1S/C24H27N3O4/c1-17-3-5-19(6-4-17)22(28)20-21(18-7-9-25-10-8-18)27(24(30)23(20)29)12-2-11-26-13-15-31-16-14-26/h3-10,21,28H,2,11-16H2,1H3/b22-20-. The highest BCUT2D eigenvalue weighted by molar-refractivity contribution is 6.46. The van der Waals surface area contributed by atoms with Crippen LogP contribution in [0.2, 0.25) is 0 Å². The van der Waals surface area contributed by atoms with E-state index in [1.807, 2.05) is 19.1 Å². The number of hydrogen-bond acceptors (Lipinski definition) is 6. The van der Waals surface area contributed by atoms with E-state index >= 15 is 0 Å². The fourth-order valence-corrected chi connectivity index (χ4v) is 4.16. The number of aliphatic hydroxyl groups excluding tert-OH is 1. The predicted octanol–water partition coefficient (Wildman–Crippen LogP) is 2.53. The smallest absolute Gasteiger partial charge is 0.295 e. The molecular weight excluding hydrogens is 394 g/mol. The number of hydrogen-bond donors (Lipinski definition) is 1. The van der Waals surface area contributed by atoms with Crippen molar-refractivity contribution in [2.75, 3.05) is 39.4 Å². The van der Waals surface area contributed by atoms with Gasteiger partial charge in [0, 0.05) is 44.1 Å². The summed E-state index contributed by atoms with van der Waals surface area (Å²) < 4.78 is 5.38. The molecule has 2 saturated heterocycles. The first-order chi connectivity index (χ1) is 15.1. The molecule has 7 nitrogen and oxygen atoms in total. The van der Waals surface area contributed by atoms with Crippen molar-refractivity contribution in [1.29, 1.82) is 0 Å². The zero-order chi connectivity index (χ0) is 21.8. The highest BCUT2D eigenvalue weighted by Gasteiger charge is 2.45. The van der Waals surface area contributed by atoms with Gasteiger partial charge in [-0.3, -0.25) is 19.5 Å². The van der Waals surface area contributed by atoms with Crippen LogP contribution >= 0.6 is 0 Å². The zero-order valence-corrected chi connectivity index (χ0v) is 17.7. The first-order valence-corrected chi connectivity index (χ1v) is 10.6. The van der Waals surface area contributed by atoms with E-state index in [1.54, 1.807) is 41.6 Å². The lowest BCUT2D eigenvalue weighted by Crippen LogP contribution is -2.38. The number of aliphatic hydroxyl groups is 1. The number of ketones is 1. The monoisotopic (exact) mass is 421 g/mol. The summed E-state index contributed by atoms with van der Waals surface area (Å²) >= 11 is 0. The molecule has 1 N–H and O–H groups in total. The van der Waals surface area contributed by atoms with E-state index in [4.69, 9.17) is 4.74 Å². The molecule has 3 heterocycles. The second kappa shape index (κ2) is 9.41. The number of benzene rings is 1. The van der Waals surface area contributed by atoms with Crippen LogP contribution < -0.4 is 0 Å². The lowest BCUT2D eigenvalue weighted by molar-refractivity contribution is -0.140. The number of aryl methyl sites for hydroxylation is 1. The largest absolute Gasteiger partial charge is 0.507 e. The van der Waals surface area contributed by atoms with Crippen molar-refractivity contribution < 1.29 is 19.4 Å². The van der Waals surface area contributed by atoms with Gasteiger partial charge in [0.2, 0.25) is 0 Å². The summed E-state index contributed by atoms with van der Waals surface area (Å²) in [7, 11) is 0. The number of aromatic nitrogens is 1. The Morgan fingerprint density at radius 1 is 1.06 bits per heavy atom. The summed E-state index contributed by atoms with van der Waals surface area (Å²) in [6.45, 7) is 6.40. The number of morpholine rings is 1. The van der Waals surface area contributed by atoms with E-state index in [2.05, 4.69) is 9.88 Å². The van der Waals surface area contributed by atoms with Gasteiger partial charge in [-0.15, -0.1) is 0 Å². The summed E-state index contributed by atoms with van der Waals surface area (Å²) in [5.74, 6) is -1.36. The van der Waals surface area contributed by atoms with E-state index in [0.29, 0.717) is 12.1 Å². The Kier molecular flexibility index (Phi) is 6.44. The maximum atomic E-state index is 13.0. The zero-order valence-electron chi connectivity index (χ0n) is 17.7. The number of ether oxygens (including phenoxy) is 1. The Balaban J connectivity index is 1.64. The van der Waals surface area contributed by atoms with Gasteiger partial charge in [-0.1, -0.05) is 29.8 Å². The Morgan fingerprint density at radius 2 is 1.74 bits per heavy atom. The molecule has 162 valence electrons. The number of amides is 1.